The number of aryl methyl sites for hydroxylation is 1. The van der Waals surface area contributed by atoms with Crippen LogP contribution >= 0.6 is 0 Å². The molecule has 2 aliphatic rings. The molecule has 0 unspecified atom stereocenters. The summed E-state index contributed by atoms with van der Waals surface area (Å²) in [5.41, 5.74) is 1.42. The Bertz CT molecular complexity index is 942. The van der Waals surface area contributed by atoms with Crippen LogP contribution in [0, 0.1) is 24.6 Å². The van der Waals surface area contributed by atoms with Crippen LogP contribution < -0.4 is 5.32 Å². The van der Waals surface area contributed by atoms with E-state index in [1.807, 2.05) is 6.92 Å². The Hall–Kier alpha value is -2.25. The second kappa shape index (κ2) is 6.17. The standard InChI is InChI=1S/C19H19FN2O3S/c1-12-2-8-16(9-3-12)26(24,25)22-11-13-10-17(13)18(22)19(23)21-15-6-4-14(20)5-7-15/h2-9,13,17-18H,10-11H2,1H3,(H,21,23)/t13-,17+,18-/m1/s1. The summed E-state index contributed by atoms with van der Waals surface area (Å²) in [6.45, 7) is 2.25. The second-order valence-corrected chi connectivity index (χ2v) is 8.88. The molecule has 0 spiro atoms. The fourth-order valence-electron chi connectivity index (χ4n) is 3.59. The van der Waals surface area contributed by atoms with Gasteiger partial charge in [-0.15, -0.1) is 0 Å². The highest BCUT2D eigenvalue weighted by Gasteiger charge is 2.58. The molecule has 1 aliphatic heterocycles. The van der Waals surface area contributed by atoms with E-state index in [0.717, 1.165) is 12.0 Å². The van der Waals surface area contributed by atoms with Crippen molar-refractivity contribution < 1.29 is 17.6 Å². The average molecular weight is 374 g/mol. The Kier molecular flexibility index (Phi) is 4.08. The molecule has 2 fully saturated rings. The normalized spacial score (nSPS) is 24.9. The molecule has 1 amide bonds. The van der Waals surface area contributed by atoms with Gasteiger partial charge in [-0.3, -0.25) is 4.79 Å². The summed E-state index contributed by atoms with van der Waals surface area (Å²) in [5, 5.41) is 2.72. The quantitative estimate of drug-likeness (QED) is 0.895. The molecule has 1 heterocycles. The largest absolute Gasteiger partial charge is 0.325 e. The van der Waals surface area contributed by atoms with Gasteiger partial charge in [-0.05, 0) is 61.6 Å². The van der Waals surface area contributed by atoms with Gasteiger partial charge in [0.1, 0.15) is 11.9 Å². The minimum absolute atomic E-state index is 0.0515. The molecule has 1 aliphatic carbocycles. The molecule has 3 atom stereocenters. The average Bonchev–Trinajstić information content (AvgIpc) is 3.26. The lowest BCUT2D eigenvalue weighted by atomic mass is 10.2. The van der Waals surface area contributed by atoms with Crippen molar-refractivity contribution in [1.82, 2.24) is 4.31 Å². The van der Waals surface area contributed by atoms with Crippen molar-refractivity contribution in [2.75, 3.05) is 11.9 Å². The van der Waals surface area contributed by atoms with Crippen molar-refractivity contribution in [2.24, 2.45) is 11.8 Å². The molecule has 26 heavy (non-hydrogen) atoms. The number of amides is 1. The zero-order valence-corrected chi connectivity index (χ0v) is 15.0. The fraction of sp³-hybridized carbons (Fsp3) is 0.316. The first-order valence-corrected chi connectivity index (χ1v) is 9.95. The van der Waals surface area contributed by atoms with E-state index in [9.17, 15) is 17.6 Å². The first-order chi connectivity index (χ1) is 12.4. The van der Waals surface area contributed by atoms with Crippen molar-refractivity contribution in [2.45, 2.75) is 24.3 Å². The molecule has 1 saturated heterocycles. The molecular formula is C19H19FN2O3S. The summed E-state index contributed by atoms with van der Waals surface area (Å²) in [7, 11) is -3.74. The summed E-state index contributed by atoms with van der Waals surface area (Å²) < 4.78 is 40.4. The number of carbonyl (C=O) groups is 1. The maximum atomic E-state index is 13.0. The highest BCUT2D eigenvalue weighted by atomic mass is 32.2. The summed E-state index contributed by atoms with van der Waals surface area (Å²) >= 11 is 0. The predicted molar refractivity (Wildman–Crippen MR) is 95.5 cm³/mol. The van der Waals surface area contributed by atoms with Gasteiger partial charge in [0.25, 0.3) is 0 Å². The molecule has 1 N–H and O–H groups in total. The third kappa shape index (κ3) is 3.01. The second-order valence-electron chi connectivity index (χ2n) is 6.99. The Labute approximate surface area is 151 Å². The van der Waals surface area contributed by atoms with Crippen LogP contribution in [0.2, 0.25) is 0 Å². The Morgan fingerprint density at radius 3 is 2.42 bits per heavy atom. The third-order valence-electron chi connectivity index (χ3n) is 5.12. The number of benzene rings is 2. The van der Waals surface area contributed by atoms with Crippen LogP contribution in [0.4, 0.5) is 10.1 Å². The van der Waals surface area contributed by atoms with E-state index in [-0.39, 0.29) is 22.6 Å². The summed E-state index contributed by atoms with van der Waals surface area (Å²) in [4.78, 5) is 13.0. The van der Waals surface area contributed by atoms with E-state index >= 15 is 0 Å². The van der Waals surface area contributed by atoms with Gasteiger partial charge in [-0.2, -0.15) is 4.31 Å². The first kappa shape index (κ1) is 17.2. The number of carbonyl (C=O) groups excluding carboxylic acids is 1. The minimum Gasteiger partial charge on any atom is -0.325 e. The lowest BCUT2D eigenvalue weighted by Gasteiger charge is -2.26. The molecule has 2 aromatic carbocycles. The van der Waals surface area contributed by atoms with Gasteiger partial charge >= 0.3 is 0 Å². The highest BCUT2D eigenvalue weighted by Crippen LogP contribution is 2.51. The van der Waals surface area contributed by atoms with Crippen molar-refractivity contribution >= 4 is 21.6 Å². The lowest BCUT2D eigenvalue weighted by Crippen LogP contribution is -2.45. The van der Waals surface area contributed by atoms with Crippen LogP contribution in [-0.2, 0) is 14.8 Å². The Morgan fingerprint density at radius 1 is 1.12 bits per heavy atom. The van der Waals surface area contributed by atoms with Crippen molar-refractivity contribution in [3.8, 4) is 0 Å². The molecule has 0 bridgehead atoms. The van der Waals surface area contributed by atoms with Crippen molar-refractivity contribution in [3.05, 3.63) is 59.9 Å². The number of hydrogen-bond acceptors (Lipinski definition) is 3. The predicted octanol–water partition coefficient (Wildman–Crippen LogP) is 2.78. The summed E-state index contributed by atoms with van der Waals surface area (Å²) in [6, 6.07) is 11.4. The van der Waals surface area contributed by atoms with E-state index in [2.05, 4.69) is 5.32 Å². The van der Waals surface area contributed by atoms with Crippen LogP contribution in [-0.4, -0.2) is 31.2 Å². The van der Waals surface area contributed by atoms with E-state index in [1.165, 1.54) is 28.6 Å². The zero-order chi connectivity index (χ0) is 18.5. The van der Waals surface area contributed by atoms with E-state index in [1.54, 1.807) is 24.3 Å². The SMILES string of the molecule is Cc1ccc(S(=O)(=O)N2C[C@H]3C[C@@H]3[C@@H]2C(=O)Nc2ccc(F)cc2)cc1. The van der Waals surface area contributed by atoms with Crippen LogP contribution in [0.25, 0.3) is 0 Å². The van der Waals surface area contributed by atoms with Gasteiger partial charge in [0, 0.05) is 12.2 Å². The van der Waals surface area contributed by atoms with Gasteiger partial charge < -0.3 is 5.32 Å². The molecule has 1 saturated carbocycles. The number of fused-ring (bicyclic) bond motifs is 1. The fourth-order valence-corrected chi connectivity index (χ4v) is 5.28. The third-order valence-corrected chi connectivity index (χ3v) is 6.98. The minimum atomic E-state index is -3.74. The molecular weight excluding hydrogens is 355 g/mol. The first-order valence-electron chi connectivity index (χ1n) is 8.51. The van der Waals surface area contributed by atoms with Crippen LogP contribution in [0.3, 0.4) is 0 Å². The lowest BCUT2D eigenvalue weighted by molar-refractivity contribution is -0.119. The van der Waals surface area contributed by atoms with Crippen LogP contribution in [0.5, 0.6) is 0 Å². The topological polar surface area (TPSA) is 66.5 Å². The number of halogens is 1. The van der Waals surface area contributed by atoms with Gasteiger partial charge in [0.2, 0.25) is 15.9 Å². The highest BCUT2D eigenvalue weighted by molar-refractivity contribution is 7.89. The number of piperidine rings is 1. The Morgan fingerprint density at radius 2 is 1.77 bits per heavy atom. The van der Waals surface area contributed by atoms with Gasteiger partial charge in [-0.25, -0.2) is 12.8 Å². The molecule has 0 radical (unpaired) electrons. The van der Waals surface area contributed by atoms with Gasteiger partial charge in [-0.1, -0.05) is 17.7 Å². The van der Waals surface area contributed by atoms with E-state index < -0.39 is 21.9 Å². The molecule has 7 heteroatoms. The molecule has 2 aromatic rings. The molecule has 136 valence electrons. The number of hydrogen-bond donors (Lipinski definition) is 1. The number of anilines is 1. The maximum absolute atomic E-state index is 13.0. The van der Waals surface area contributed by atoms with Crippen LogP contribution in [0.15, 0.2) is 53.4 Å². The summed E-state index contributed by atoms with van der Waals surface area (Å²) in [6.07, 6.45) is 0.863. The number of sulfonamides is 1. The maximum Gasteiger partial charge on any atom is 0.243 e. The molecule has 4 rings (SSSR count). The van der Waals surface area contributed by atoms with Crippen molar-refractivity contribution in [3.63, 3.8) is 0 Å². The van der Waals surface area contributed by atoms with E-state index in [4.69, 9.17) is 0 Å². The van der Waals surface area contributed by atoms with Gasteiger partial charge in [0.05, 0.1) is 4.90 Å². The van der Waals surface area contributed by atoms with Crippen LogP contribution in [0.1, 0.15) is 12.0 Å². The smallest absolute Gasteiger partial charge is 0.243 e. The molecule has 5 nitrogen and oxygen atoms in total. The number of nitrogens with one attached hydrogen (secondary N) is 1. The molecule has 0 aromatic heterocycles. The van der Waals surface area contributed by atoms with Gasteiger partial charge in [0.15, 0.2) is 0 Å². The number of rotatable bonds is 4. The number of nitrogens with zero attached hydrogens (tertiary/aromatic N) is 1. The Balaban J connectivity index is 1.59. The van der Waals surface area contributed by atoms with Crippen molar-refractivity contribution in [1.29, 1.82) is 0 Å². The van der Waals surface area contributed by atoms with E-state index in [0.29, 0.717) is 12.2 Å². The summed E-state index contributed by atoms with van der Waals surface area (Å²) in [5.74, 6) is -0.471. The zero-order valence-electron chi connectivity index (χ0n) is 14.2. The monoisotopic (exact) mass is 374 g/mol.